The van der Waals surface area contributed by atoms with Crippen LogP contribution in [0.15, 0.2) is 60.7 Å². The van der Waals surface area contributed by atoms with Crippen molar-refractivity contribution < 1.29 is 4.79 Å². The van der Waals surface area contributed by atoms with E-state index in [9.17, 15) is 4.79 Å². The number of amides is 1. The maximum atomic E-state index is 12.2. The van der Waals surface area contributed by atoms with E-state index in [-0.39, 0.29) is 5.91 Å². The zero-order valence-electron chi connectivity index (χ0n) is 12.9. The average Bonchev–Trinajstić information content (AvgIpc) is 2.51. The Bertz CT molecular complexity index is 836. The molecule has 3 aromatic rings. The lowest BCUT2D eigenvalue weighted by Gasteiger charge is -2.08. The van der Waals surface area contributed by atoms with Crippen LogP contribution in [-0.2, 0) is 11.2 Å². The van der Waals surface area contributed by atoms with Crippen molar-refractivity contribution in [2.75, 3.05) is 5.32 Å². The van der Waals surface area contributed by atoms with Crippen LogP contribution in [0.5, 0.6) is 0 Å². The molecular formula is C20H19NO. The van der Waals surface area contributed by atoms with Gasteiger partial charge in [0.15, 0.2) is 0 Å². The van der Waals surface area contributed by atoms with Crippen LogP contribution in [0.1, 0.15) is 16.7 Å². The molecule has 2 heteroatoms. The summed E-state index contributed by atoms with van der Waals surface area (Å²) < 4.78 is 0. The van der Waals surface area contributed by atoms with Crippen LogP contribution in [-0.4, -0.2) is 5.91 Å². The first-order chi connectivity index (χ1) is 10.6. The van der Waals surface area contributed by atoms with Crippen LogP contribution in [0.4, 0.5) is 5.69 Å². The first kappa shape index (κ1) is 14.3. The number of fused-ring (bicyclic) bond motifs is 1. The SMILES string of the molecule is Cc1ccc(NC(=O)Cc2ccc3ccccc3c2)cc1C. The van der Waals surface area contributed by atoms with Gasteiger partial charge < -0.3 is 5.32 Å². The zero-order chi connectivity index (χ0) is 15.5. The van der Waals surface area contributed by atoms with Crippen molar-refractivity contribution in [2.24, 2.45) is 0 Å². The van der Waals surface area contributed by atoms with Crippen LogP contribution in [0.2, 0.25) is 0 Å². The average molecular weight is 289 g/mol. The normalized spacial score (nSPS) is 10.6. The Labute approximate surface area is 130 Å². The number of rotatable bonds is 3. The molecule has 0 aliphatic rings. The quantitative estimate of drug-likeness (QED) is 0.748. The van der Waals surface area contributed by atoms with Crippen molar-refractivity contribution in [3.63, 3.8) is 0 Å². The van der Waals surface area contributed by atoms with E-state index in [1.807, 2.05) is 43.3 Å². The fraction of sp³-hybridized carbons (Fsp3) is 0.150. The molecule has 0 aliphatic carbocycles. The summed E-state index contributed by atoms with van der Waals surface area (Å²) in [6.45, 7) is 4.12. The minimum atomic E-state index is 0.0125. The summed E-state index contributed by atoms with van der Waals surface area (Å²) in [5.41, 5.74) is 4.30. The Morgan fingerprint density at radius 1 is 0.864 bits per heavy atom. The molecule has 0 heterocycles. The molecule has 0 aromatic heterocycles. The lowest BCUT2D eigenvalue weighted by molar-refractivity contribution is -0.115. The van der Waals surface area contributed by atoms with Crippen molar-refractivity contribution in [1.82, 2.24) is 0 Å². The van der Waals surface area contributed by atoms with Gasteiger partial charge in [-0.1, -0.05) is 48.5 Å². The first-order valence-corrected chi connectivity index (χ1v) is 7.46. The number of carbonyl (C=O) groups excluding carboxylic acids is 1. The number of aryl methyl sites for hydroxylation is 2. The molecule has 0 radical (unpaired) electrons. The molecule has 0 spiro atoms. The summed E-state index contributed by atoms with van der Waals surface area (Å²) >= 11 is 0. The molecule has 0 bridgehead atoms. The number of anilines is 1. The maximum Gasteiger partial charge on any atom is 0.228 e. The summed E-state index contributed by atoms with van der Waals surface area (Å²) in [6, 6.07) is 20.3. The van der Waals surface area contributed by atoms with Crippen molar-refractivity contribution in [1.29, 1.82) is 0 Å². The summed E-state index contributed by atoms with van der Waals surface area (Å²) in [5, 5.41) is 5.33. The van der Waals surface area contributed by atoms with Crippen LogP contribution in [0.25, 0.3) is 10.8 Å². The first-order valence-electron chi connectivity index (χ1n) is 7.46. The Morgan fingerprint density at radius 3 is 2.41 bits per heavy atom. The minimum Gasteiger partial charge on any atom is -0.326 e. The van der Waals surface area contributed by atoms with Crippen LogP contribution >= 0.6 is 0 Å². The molecule has 2 nitrogen and oxygen atoms in total. The van der Waals surface area contributed by atoms with Gasteiger partial charge in [0.1, 0.15) is 0 Å². The van der Waals surface area contributed by atoms with Gasteiger partial charge in [0.05, 0.1) is 6.42 Å². The van der Waals surface area contributed by atoms with E-state index in [0.29, 0.717) is 6.42 Å². The van der Waals surface area contributed by atoms with Gasteiger partial charge in [0, 0.05) is 5.69 Å². The van der Waals surface area contributed by atoms with E-state index in [4.69, 9.17) is 0 Å². The number of hydrogen-bond donors (Lipinski definition) is 1. The van der Waals surface area contributed by atoms with Crippen molar-refractivity contribution in [2.45, 2.75) is 20.3 Å². The Morgan fingerprint density at radius 2 is 1.64 bits per heavy atom. The standard InChI is InChI=1S/C20H19NO/c1-14-7-10-19(11-15(14)2)21-20(22)13-16-8-9-17-5-3-4-6-18(17)12-16/h3-12H,13H2,1-2H3,(H,21,22). The highest BCUT2D eigenvalue weighted by atomic mass is 16.1. The van der Waals surface area contributed by atoms with E-state index in [0.717, 1.165) is 11.3 Å². The van der Waals surface area contributed by atoms with Gasteiger partial charge in [0.2, 0.25) is 5.91 Å². The van der Waals surface area contributed by atoms with Crippen LogP contribution in [0.3, 0.4) is 0 Å². The summed E-state index contributed by atoms with van der Waals surface area (Å²) in [4.78, 5) is 12.2. The highest BCUT2D eigenvalue weighted by Gasteiger charge is 2.05. The Kier molecular flexibility index (Phi) is 3.92. The molecule has 110 valence electrons. The third-order valence-electron chi connectivity index (χ3n) is 3.97. The van der Waals surface area contributed by atoms with Crippen molar-refractivity contribution in [3.05, 3.63) is 77.4 Å². The fourth-order valence-electron chi connectivity index (χ4n) is 2.56. The molecule has 3 rings (SSSR count). The summed E-state index contributed by atoms with van der Waals surface area (Å²) in [6.07, 6.45) is 0.387. The summed E-state index contributed by atoms with van der Waals surface area (Å²) in [5.74, 6) is 0.0125. The molecule has 0 aliphatic heterocycles. The van der Waals surface area contributed by atoms with E-state index >= 15 is 0 Å². The number of hydrogen-bond acceptors (Lipinski definition) is 1. The van der Waals surface area contributed by atoms with Gasteiger partial charge in [-0.05, 0) is 53.4 Å². The predicted octanol–water partition coefficient (Wildman–Crippen LogP) is 4.64. The molecule has 0 saturated carbocycles. The van der Waals surface area contributed by atoms with E-state index in [2.05, 4.69) is 36.5 Å². The molecule has 3 aromatic carbocycles. The lowest BCUT2D eigenvalue weighted by atomic mass is 10.0. The monoisotopic (exact) mass is 289 g/mol. The highest BCUT2D eigenvalue weighted by Crippen LogP contribution is 2.17. The van der Waals surface area contributed by atoms with Gasteiger partial charge in [-0.25, -0.2) is 0 Å². The Balaban J connectivity index is 1.73. The third-order valence-corrected chi connectivity index (χ3v) is 3.97. The molecular weight excluding hydrogens is 270 g/mol. The molecule has 0 unspecified atom stereocenters. The molecule has 22 heavy (non-hydrogen) atoms. The van der Waals surface area contributed by atoms with Gasteiger partial charge in [-0.2, -0.15) is 0 Å². The second-order valence-corrected chi connectivity index (χ2v) is 5.71. The number of carbonyl (C=O) groups is 1. The smallest absolute Gasteiger partial charge is 0.228 e. The predicted molar refractivity (Wildman–Crippen MR) is 92.2 cm³/mol. The number of nitrogens with one attached hydrogen (secondary N) is 1. The second-order valence-electron chi connectivity index (χ2n) is 5.71. The topological polar surface area (TPSA) is 29.1 Å². The highest BCUT2D eigenvalue weighted by molar-refractivity contribution is 5.93. The number of benzene rings is 3. The summed E-state index contributed by atoms with van der Waals surface area (Å²) in [7, 11) is 0. The van der Waals surface area contributed by atoms with E-state index in [1.54, 1.807) is 0 Å². The van der Waals surface area contributed by atoms with Crippen LogP contribution in [0, 0.1) is 13.8 Å². The second kappa shape index (κ2) is 6.02. The Hall–Kier alpha value is -2.61. The van der Waals surface area contributed by atoms with E-state index in [1.165, 1.54) is 21.9 Å². The van der Waals surface area contributed by atoms with E-state index < -0.39 is 0 Å². The zero-order valence-corrected chi connectivity index (χ0v) is 12.9. The van der Waals surface area contributed by atoms with Crippen LogP contribution < -0.4 is 5.32 Å². The van der Waals surface area contributed by atoms with Gasteiger partial charge in [-0.15, -0.1) is 0 Å². The van der Waals surface area contributed by atoms with Gasteiger partial charge in [0.25, 0.3) is 0 Å². The largest absolute Gasteiger partial charge is 0.326 e. The van der Waals surface area contributed by atoms with Gasteiger partial charge >= 0.3 is 0 Å². The molecule has 1 N–H and O–H groups in total. The molecule has 0 atom stereocenters. The molecule has 1 amide bonds. The van der Waals surface area contributed by atoms with Gasteiger partial charge in [-0.3, -0.25) is 4.79 Å². The van der Waals surface area contributed by atoms with Crippen molar-refractivity contribution in [3.8, 4) is 0 Å². The lowest BCUT2D eigenvalue weighted by Crippen LogP contribution is -2.14. The maximum absolute atomic E-state index is 12.2. The molecule has 0 fully saturated rings. The minimum absolute atomic E-state index is 0.0125. The fourth-order valence-corrected chi connectivity index (χ4v) is 2.56. The van der Waals surface area contributed by atoms with Crippen molar-refractivity contribution >= 4 is 22.4 Å². The molecule has 0 saturated heterocycles. The third kappa shape index (κ3) is 3.17.